The van der Waals surface area contributed by atoms with Crippen LogP contribution in [0, 0.1) is 12.3 Å². The van der Waals surface area contributed by atoms with Crippen LogP contribution in [0.2, 0.25) is 0 Å². The Balaban J connectivity index is 1.72. The number of aromatic nitrogens is 2. The lowest BCUT2D eigenvalue weighted by atomic mass is 9.93. The van der Waals surface area contributed by atoms with Crippen molar-refractivity contribution >= 4 is 34.7 Å². The quantitative estimate of drug-likeness (QED) is 0.424. The van der Waals surface area contributed by atoms with E-state index < -0.39 is 11.8 Å². The maximum absolute atomic E-state index is 13.4. The number of fused-ring (bicyclic) bond motifs is 2. The van der Waals surface area contributed by atoms with E-state index in [4.69, 9.17) is 6.42 Å². The summed E-state index contributed by atoms with van der Waals surface area (Å²) in [4.78, 5) is 34.3. The molecular weight excluding hydrogens is 420 g/mol. The smallest absolute Gasteiger partial charge is 0.413 e. The van der Waals surface area contributed by atoms with E-state index in [1.807, 2.05) is 0 Å². The number of nitrogens with zero attached hydrogens (tertiary/aromatic N) is 3. The molecule has 3 N–H and O–H groups in total. The van der Waals surface area contributed by atoms with E-state index in [1.54, 1.807) is 66.7 Å². The van der Waals surface area contributed by atoms with Crippen molar-refractivity contribution in [3.63, 3.8) is 0 Å². The van der Waals surface area contributed by atoms with Gasteiger partial charge >= 0.3 is 6.09 Å². The summed E-state index contributed by atoms with van der Waals surface area (Å²) in [6, 6.07) is 18.7. The van der Waals surface area contributed by atoms with Crippen LogP contribution in [0.25, 0.3) is 11.0 Å². The predicted octanol–water partition coefficient (Wildman–Crippen LogP) is 3.51. The number of aromatic amines is 1. The molecule has 0 spiro atoms. The van der Waals surface area contributed by atoms with E-state index in [0.717, 1.165) is 4.90 Å². The summed E-state index contributed by atoms with van der Waals surface area (Å²) in [7, 11) is 1.38. The molecule has 1 unspecified atom stereocenters. The summed E-state index contributed by atoms with van der Waals surface area (Å²) >= 11 is 0. The Hall–Kier alpha value is -4.61. The fraction of sp³-hybridized carbons (Fsp3) is 0.0800. The van der Waals surface area contributed by atoms with Crippen LogP contribution in [0.4, 0.5) is 16.4 Å². The summed E-state index contributed by atoms with van der Waals surface area (Å²) in [6.45, 7) is 0. The first-order chi connectivity index (χ1) is 15.8. The van der Waals surface area contributed by atoms with Crippen LogP contribution >= 0.6 is 0 Å². The van der Waals surface area contributed by atoms with Crippen LogP contribution in [0.5, 0.6) is 0 Å². The number of carbonyl (C=O) groups excluding carboxylic acids is 1. The van der Waals surface area contributed by atoms with Crippen molar-refractivity contribution in [3.05, 3.63) is 89.0 Å². The maximum Gasteiger partial charge on any atom is 0.413 e. The number of benzene rings is 3. The van der Waals surface area contributed by atoms with Gasteiger partial charge in [-0.05, 0) is 36.4 Å². The number of carbonyl (C=O) groups is 2. The number of hydrogen-bond acceptors (Lipinski definition) is 4. The molecule has 0 fully saturated rings. The third kappa shape index (κ3) is 2.95. The molecular formula is C25H18N4O4. The van der Waals surface area contributed by atoms with Crippen LogP contribution in [-0.4, -0.2) is 39.2 Å². The summed E-state index contributed by atoms with van der Waals surface area (Å²) in [5.41, 5.74) is 1.45. The number of hydrogen-bond donors (Lipinski definition) is 3. The number of aliphatic hydroxyl groups is 1. The van der Waals surface area contributed by atoms with Gasteiger partial charge in [0.15, 0.2) is 5.72 Å². The lowest BCUT2D eigenvalue weighted by molar-refractivity contribution is 0.0704. The van der Waals surface area contributed by atoms with Crippen molar-refractivity contribution in [2.24, 2.45) is 0 Å². The van der Waals surface area contributed by atoms with E-state index >= 15 is 0 Å². The van der Waals surface area contributed by atoms with Gasteiger partial charge in [0.05, 0.1) is 11.0 Å². The fourth-order valence-corrected chi connectivity index (χ4v) is 4.15. The summed E-state index contributed by atoms with van der Waals surface area (Å²) in [5.74, 6) is 2.33. The normalized spacial score (nSPS) is 17.1. The summed E-state index contributed by atoms with van der Waals surface area (Å²) in [6.07, 6.45) is 4.39. The van der Waals surface area contributed by atoms with Crippen molar-refractivity contribution in [1.82, 2.24) is 9.97 Å². The Bertz CT molecular complexity index is 1490. The Morgan fingerprint density at radius 2 is 1.94 bits per heavy atom. The van der Waals surface area contributed by atoms with Gasteiger partial charge in [0.2, 0.25) is 5.95 Å². The highest BCUT2D eigenvalue weighted by Crippen LogP contribution is 2.45. The second-order valence-electron chi connectivity index (χ2n) is 7.69. The lowest BCUT2D eigenvalue weighted by Crippen LogP contribution is -2.45. The predicted molar refractivity (Wildman–Crippen MR) is 123 cm³/mol. The molecule has 8 nitrogen and oxygen atoms in total. The average Bonchev–Trinajstić information content (AvgIpc) is 3.36. The van der Waals surface area contributed by atoms with Crippen molar-refractivity contribution < 1.29 is 19.8 Å². The highest BCUT2D eigenvalue weighted by Gasteiger charge is 2.50. The Kier molecular flexibility index (Phi) is 4.44. The van der Waals surface area contributed by atoms with Gasteiger partial charge < -0.3 is 15.2 Å². The van der Waals surface area contributed by atoms with Gasteiger partial charge in [-0.25, -0.2) is 9.78 Å². The second kappa shape index (κ2) is 7.22. The van der Waals surface area contributed by atoms with E-state index in [-0.39, 0.29) is 11.9 Å². The van der Waals surface area contributed by atoms with Crippen molar-refractivity contribution in [2.75, 3.05) is 16.8 Å². The van der Waals surface area contributed by atoms with Crippen molar-refractivity contribution in [3.8, 4) is 12.3 Å². The van der Waals surface area contributed by atoms with E-state index in [9.17, 15) is 19.8 Å². The molecule has 0 saturated carbocycles. The van der Waals surface area contributed by atoms with E-state index in [2.05, 4.69) is 15.9 Å². The number of anilines is 2. The molecule has 1 aromatic heterocycles. The largest absolute Gasteiger partial charge is 0.465 e. The zero-order valence-electron chi connectivity index (χ0n) is 17.5. The van der Waals surface area contributed by atoms with E-state index in [1.165, 1.54) is 11.9 Å². The average molecular weight is 438 g/mol. The third-order valence-corrected chi connectivity index (χ3v) is 5.81. The molecule has 0 aliphatic carbocycles. The highest BCUT2D eigenvalue weighted by molar-refractivity contribution is 6.12. The monoisotopic (exact) mass is 438 g/mol. The topological polar surface area (TPSA) is 110 Å². The zero-order valence-corrected chi connectivity index (χ0v) is 17.5. The molecule has 0 radical (unpaired) electrons. The molecule has 8 heteroatoms. The molecule has 1 atom stereocenters. The van der Waals surface area contributed by atoms with Gasteiger partial charge in [0, 0.05) is 35.0 Å². The standard InChI is InChI=1S/C25H18N4O4/c1-3-15-7-6-8-17(13-15)29-22(30)18-9-4-5-10-19(18)25(29,33)16-11-12-20-21(14-16)27-23(26-20)28(2)24(31)32/h1,4-14,33H,2H3,(H,26,27)(H,31,32). The number of imidazole rings is 1. The minimum Gasteiger partial charge on any atom is -0.465 e. The maximum atomic E-state index is 13.4. The number of amides is 2. The molecule has 1 aliphatic heterocycles. The molecule has 33 heavy (non-hydrogen) atoms. The second-order valence-corrected chi connectivity index (χ2v) is 7.69. The molecule has 1 aliphatic rings. The van der Waals surface area contributed by atoms with Crippen molar-refractivity contribution in [1.29, 1.82) is 0 Å². The van der Waals surface area contributed by atoms with Crippen LogP contribution in [0.1, 0.15) is 27.0 Å². The Morgan fingerprint density at radius 3 is 2.70 bits per heavy atom. The van der Waals surface area contributed by atoms with Crippen LogP contribution in [0.3, 0.4) is 0 Å². The SMILES string of the molecule is C#Cc1cccc(N2C(=O)c3ccccc3C2(O)c2ccc3nc(N(C)C(=O)O)[nH]c3c2)c1. The molecule has 4 aromatic rings. The van der Waals surface area contributed by atoms with Crippen LogP contribution in [0.15, 0.2) is 66.7 Å². The van der Waals surface area contributed by atoms with Gasteiger partial charge in [-0.1, -0.05) is 36.3 Å². The summed E-state index contributed by atoms with van der Waals surface area (Å²) in [5, 5.41) is 21.4. The number of rotatable bonds is 3. The molecule has 0 bridgehead atoms. The third-order valence-electron chi connectivity index (χ3n) is 5.81. The molecule has 5 rings (SSSR count). The highest BCUT2D eigenvalue weighted by atomic mass is 16.4. The minimum absolute atomic E-state index is 0.142. The van der Waals surface area contributed by atoms with E-state index in [0.29, 0.717) is 39.0 Å². The van der Waals surface area contributed by atoms with Crippen LogP contribution < -0.4 is 9.80 Å². The van der Waals surface area contributed by atoms with Gasteiger partial charge in [0.1, 0.15) is 0 Å². The number of terminal acetylenes is 1. The van der Waals surface area contributed by atoms with Gasteiger partial charge in [-0.2, -0.15) is 0 Å². The molecule has 2 amide bonds. The molecule has 2 heterocycles. The Morgan fingerprint density at radius 1 is 1.15 bits per heavy atom. The number of H-pyrrole nitrogens is 1. The van der Waals surface area contributed by atoms with Gasteiger partial charge in [-0.3, -0.25) is 14.6 Å². The summed E-state index contributed by atoms with van der Waals surface area (Å²) < 4.78 is 0. The lowest BCUT2D eigenvalue weighted by Gasteiger charge is -2.35. The van der Waals surface area contributed by atoms with Crippen LogP contribution in [-0.2, 0) is 5.72 Å². The number of nitrogens with one attached hydrogen (secondary N) is 1. The Labute approximate surface area is 188 Å². The van der Waals surface area contributed by atoms with Gasteiger partial charge in [0.25, 0.3) is 5.91 Å². The first-order valence-electron chi connectivity index (χ1n) is 10.0. The zero-order chi connectivity index (χ0) is 23.3. The first kappa shape index (κ1) is 20.3. The number of carboxylic acid groups (broad SMARTS) is 1. The molecule has 162 valence electrons. The molecule has 3 aromatic carbocycles. The van der Waals surface area contributed by atoms with Crippen molar-refractivity contribution in [2.45, 2.75) is 5.72 Å². The fourth-order valence-electron chi connectivity index (χ4n) is 4.15. The van der Waals surface area contributed by atoms with Gasteiger partial charge in [-0.15, -0.1) is 6.42 Å². The first-order valence-corrected chi connectivity index (χ1v) is 10.0. The minimum atomic E-state index is -1.82. The molecule has 0 saturated heterocycles.